The van der Waals surface area contributed by atoms with Gasteiger partial charge in [0, 0.05) is 35.5 Å². The van der Waals surface area contributed by atoms with Crippen LogP contribution in [0.15, 0.2) is 21.7 Å². The molecule has 1 atom stereocenters. The molecule has 0 spiro atoms. The zero-order valence-electron chi connectivity index (χ0n) is 18.4. The fraction of sp³-hybridized carbons (Fsp3) is 0.500. The van der Waals surface area contributed by atoms with Crippen LogP contribution in [0.3, 0.4) is 0 Å². The molecule has 0 aliphatic rings. The Morgan fingerprint density at radius 2 is 1.52 bits per heavy atom. The Hall–Kier alpha value is -3.50. The van der Waals surface area contributed by atoms with Gasteiger partial charge in [0.1, 0.15) is 0 Å². The van der Waals surface area contributed by atoms with Crippen LogP contribution in [0.1, 0.15) is 45.0 Å². The molecule has 11 heteroatoms. The van der Waals surface area contributed by atoms with Gasteiger partial charge < -0.3 is 5.32 Å². The Kier molecular flexibility index (Phi) is 7.67. The number of hydrogen-bond acceptors (Lipinski definition) is 6. The van der Waals surface area contributed by atoms with Crippen molar-refractivity contribution in [2.24, 2.45) is 11.3 Å². The van der Waals surface area contributed by atoms with E-state index < -0.39 is 11.4 Å². The van der Waals surface area contributed by atoms with E-state index in [1.807, 2.05) is 20.8 Å². The Balaban J connectivity index is 1.81. The summed E-state index contributed by atoms with van der Waals surface area (Å²) in [5, 5.41) is 7.85. The highest BCUT2D eigenvalue weighted by molar-refractivity contribution is 5.93. The highest BCUT2D eigenvalue weighted by Gasteiger charge is 2.30. The van der Waals surface area contributed by atoms with Crippen molar-refractivity contribution in [1.82, 2.24) is 25.3 Å². The molecule has 0 aliphatic heterocycles. The number of rotatable bonds is 8. The Labute approximate surface area is 179 Å². The summed E-state index contributed by atoms with van der Waals surface area (Å²) >= 11 is 0. The second kappa shape index (κ2) is 10.0. The molecule has 2 aromatic heterocycles. The molecular formula is C20H29N7O4. The third-order valence-electron chi connectivity index (χ3n) is 4.60. The summed E-state index contributed by atoms with van der Waals surface area (Å²) in [6.07, 6.45) is 1.20. The number of amides is 3. The maximum absolute atomic E-state index is 12.6. The van der Waals surface area contributed by atoms with E-state index in [2.05, 4.69) is 35.9 Å². The fourth-order valence-corrected chi connectivity index (χ4v) is 3.20. The second-order valence-electron chi connectivity index (χ2n) is 8.29. The predicted octanol–water partition coefficient (Wildman–Crippen LogP) is 1.67. The van der Waals surface area contributed by atoms with Crippen molar-refractivity contribution in [3.05, 3.63) is 44.2 Å². The normalized spacial score (nSPS) is 12.2. The minimum atomic E-state index is -0.713. The van der Waals surface area contributed by atoms with Gasteiger partial charge in [-0.1, -0.05) is 20.8 Å². The van der Waals surface area contributed by atoms with Crippen LogP contribution in [-0.2, 0) is 4.79 Å². The lowest BCUT2D eigenvalue weighted by atomic mass is 9.81. The van der Waals surface area contributed by atoms with E-state index in [0.29, 0.717) is 30.8 Å². The van der Waals surface area contributed by atoms with Crippen molar-refractivity contribution in [1.29, 1.82) is 0 Å². The number of nitrogens with zero attached hydrogens (tertiary/aromatic N) is 2. The molecule has 0 fully saturated rings. The van der Waals surface area contributed by atoms with Gasteiger partial charge in [-0.2, -0.15) is 0 Å². The van der Waals surface area contributed by atoms with Crippen LogP contribution < -0.4 is 27.1 Å². The molecule has 0 aromatic carbocycles. The van der Waals surface area contributed by atoms with Crippen molar-refractivity contribution < 1.29 is 9.59 Å². The summed E-state index contributed by atoms with van der Waals surface area (Å²) in [6, 6.07) is 2.20. The first kappa shape index (κ1) is 23.8. The van der Waals surface area contributed by atoms with Crippen LogP contribution in [0.4, 0.5) is 16.7 Å². The number of aryl methyl sites for hydroxylation is 2. The Morgan fingerprint density at radius 3 is 2.03 bits per heavy atom. The highest BCUT2D eigenvalue weighted by Crippen LogP contribution is 2.28. The van der Waals surface area contributed by atoms with E-state index in [9.17, 15) is 19.2 Å². The molecule has 3 amide bonds. The molecule has 1 unspecified atom stereocenters. The Bertz CT molecular complexity index is 1060. The number of H-pyrrole nitrogens is 2. The van der Waals surface area contributed by atoms with Crippen molar-refractivity contribution in [3.8, 4) is 0 Å². The average molecular weight is 431 g/mol. The highest BCUT2D eigenvalue weighted by atomic mass is 16.2. The van der Waals surface area contributed by atoms with Gasteiger partial charge in [0.25, 0.3) is 11.1 Å². The molecule has 168 valence electrons. The average Bonchev–Trinajstić information content (AvgIpc) is 2.59. The number of hydrogen-bond donors (Lipinski definition) is 5. The maximum Gasteiger partial charge on any atom is 0.321 e. The maximum atomic E-state index is 12.6. The van der Waals surface area contributed by atoms with Crippen LogP contribution >= 0.6 is 0 Å². The number of carbonyl (C=O) groups excluding carboxylic acids is 2. The van der Waals surface area contributed by atoms with Gasteiger partial charge in [-0.05, 0) is 32.6 Å². The number of carbonyl (C=O) groups is 2. The van der Waals surface area contributed by atoms with Gasteiger partial charge >= 0.3 is 6.03 Å². The summed E-state index contributed by atoms with van der Waals surface area (Å²) in [5.41, 5.74) is -0.377. The van der Waals surface area contributed by atoms with E-state index in [4.69, 9.17) is 0 Å². The van der Waals surface area contributed by atoms with Gasteiger partial charge in [0.2, 0.25) is 17.8 Å². The molecule has 0 saturated carbocycles. The van der Waals surface area contributed by atoms with E-state index in [-0.39, 0.29) is 34.8 Å². The lowest BCUT2D eigenvalue weighted by molar-refractivity contribution is -0.124. The number of urea groups is 1. The van der Waals surface area contributed by atoms with Crippen molar-refractivity contribution in [2.45, 2.75) is 47.5 Å². The van der Waals surface area contributed by atoms with Gasteiger partial charge in [-0.15, -0.1) is 0 Å². The molecule has 2 heterocycles. The fourth-order valence-electron chi connectivity index (χ4n) is 3.20. The van der Waals surface area contributed by atoms with Crippen LogP contribution in [0.2, 0.25) is 0 Å². The lowest BCUT2D eigenvalue weighted by Gasteiger charge is -2.26. The van der Waals surface area contributed by atoms with E-state index >= 15 is 0 Å². The zero-order valence-corrected chi connectivity index (χ0v) is 18.4. The predicted molar refractivity (Wildman–Crippen MR) is 117 cm³/mol. The molecule has 31 heavy (non-hydrogen) atoms. The van der Waals surface area contributed by atoms with E-state index in [0.717, 1.165) is 0 Å². The van der Waals surface area contributed by atoms with Crippen molar-refractivity contribution >= 4 is 23.8 Å². The third-order valence-corrected chi connectivity index (χ3v) is 4.60. The van der Waals surface area contributed by atoms with Gasteiger partial charge in [-0.25, -0.2) is 14.8 Å². The van der Waals surface area contributed by atoms with E-state index in [1.165, 1.54) is 12.1 Å². The van der Waals surface area contributed by atoms with Crippen LogP contribution in [-0.4, -0.2) is 38.4 Å². The lowest BCUT2D eigenvalue weighted by Crippen LogP contribution is -2.35. The minimum Gasteiger partial charge on any atom is -0.338 e. The quantitative estimate of drug-likeness (QED) is 0.427. The van der Waals surface area contributed by atoms with Crippen molar-refractivity contribution in [2.75, 3.05) is 17.2 Å². The molecule has 0 saturated heterocycles. The van der Waals surface area contributed by atoms with Crippen LogP contribution in [0, 0.1) is 25.2 Å². The summed E-state index contributed by atoms with van der Waals surface area (Å²) in [5.74, 6) is 0.0729. The number of anilines is 2. The number of nitrogens with one attached hydrogen (secondary N) is 5. The molecule has 0 bridgehead atoms. The summed E-state index contributed by atoms with van der Waals surface area (Å²) in [4.78, 5) is 60.7. The summed E-state index contributed by atoms with van der Waals surface area (Å²) < 4.78 is 0. The summed E-state index contributed by atoms with van der Waals surface area (Å²) in [6.45, 7) is 9.33. The monoisotopic (exact) mass is 431 g/mol. The molecule has 11 nitrogen and oxygen atoms in total. The van der Waals surface area contributed by atoms with E-state index in [1.54, 1.807) is 13.8 Å². The largest absolute Gasteiger partial charge is 0.338 e. The second-order valence-corrected chi connectivity index (χ2v) is 8.29. The number of aromatic amines is 2. The molecular weight excluding hydrogens is 402 g/mol. The molecule has 2 rings (SSSR count). The molecule has 5 N–H and O–H groups in total. The van der Waals surface area contributed by atoms with Gasteiger partial charge in [0.05, 0.1) is 0 Å². The third kappa shape index (κ3) is 7.68. The smallest absolute Gasteiger partial charge is 0.321 e. The van der Waals surface area contributed by atoms with Crippen LogP contribution in [0.5, 0.6) is 0 Å². The van der Waals surface area contributed by atoms with Crippen molar-refractivity contribution in [3.63, 3.8) is 0 Å². The van der Waals surface area contributed by atoms with Gasteiger partial charge in [-0.3, -0.25) is 35.0 Å². The Morgan fingerprint density at radius 1 is 1.00 bits per heavy atom. The van der Waals surface area contributed by atoms with Gasteiger partial charge in [0.15, 0.2) is 0 Å². The number of aromatic nitrogens is 4. The molecule has 2 aromatic rings. The topological polar surface area (TPSA) is 162 Å². The molecule has 0 radical (unpaired) electrons. The molecule has 0 aliphatic carbocycles. The van der Waals surface area contributed by atoms with Crippen LogP contribution in [0.25, 0.3) is 0 Å². The summed E-state index contributed by atoms with van der Waals surface area (Å²) in [7, 11) is 0. The zero-order chi connectivity index (χ0) is 23.2. The minimum absolute atomic E-state index is 0.0798. The standard InChI is InChI=1S/C20H29N7O4/c1-11(6-7-21-19(31)27-18-23-13(3)9-15(29)25-18)10-20(4,5)16(30)26-17-22-12(2)8-14(28)24-17/h8-9,11H,6-7,10H2,1-5H3,(H2,22,24,26,28,30)(H3,21,23,25,27,29,31). The SMILES string of the molecule is Cc1cc(=O)[nH]c(NC(=O)NCCC(C)CC(C)(C)C(=O)Nc2nc(C)cc(=O)[nH]2)n1. The first-order valence-corrected chi connectivity index (χ1v) is 9.97. The first-order chi connectivity index (χ1) is 14.4. The first-order valence-electron chi connectivity index (χ1n) is 9.97.